The first-order chi connectivity index (χ1) is 7.74. The van der Waals surface area contributed by atoms with E-state index >= 15 is 0 Å². The van der Waals surface area contributed by atoms with Gasteiger partial charge in [0.05, 0.1) is 0 Å². The quantitative estimate of drug-likeness (QED) is 0.720. The van der Waals surface area contributed by atoms with Crippen LogP contribution in [0.15, 0.2) is 15.9 Å². The lowest BCUT2D eigenvalue weighted by Gasteiger charge is -2.11. The molecular formula is C11H18BrNOS2. The van der Waals surface area contributed by atoms with Gasteiger partial charge in [0.2, 0.25) is 0 Å². The van der Waals surface area contributed by atoms with Gasteiger partial charge in [-0.3, -0.25) is 0 Å². The summed E-state index contributed by atoms with van der Waals surface area (Å²) in [4.78, 5) is 1.37. The van der Waals surface area contributed by atoms with E-state index in [1.165, 1.54) is 9.35 Å². The van der Waals surface area contributed by atoms with E-state index in [1.54, 1.807) is 11.3 Å². The molecule has 0 amide bonds. The topological polar surface area (TPSA) is 32.3 Å². The van der Waals surface area contributed by atoms with Crippen molar-refractivity contribution >= 4 is 39.0 Å². The number of aliphatic hydroxyl groups is 1. The molecular weight excluding hydrogens is 306 g/mol. The van der Waals surface area contributed by atoms with Crippen LogP contribution in [0.4, 0.5) is 0 Å². The summed E-state index contributed by atoms with van der Waals surface area (Å²) >= 11 is 7.14. The molecule has 0 aliphatic carbocycles. The fourth-order valence-electron chi connectivity index (χ4n) is 1.27. The van der Waals surface area contributed by atoms with Crippen LogP contribution in [0.3, 0.4) is 0 Å². The molecule has 1 atom stereocenters. The van der Waals surface area contributed by atoms with Gasteiger partial charge in [0.25, 0.3) is 0 Å². The van der Waals surface area contributed by atoms with Crippen molar-refractivity contribution in [2.24, 2.45) is 0 Å². The Morgan fingerprint density at radius 2 is 2.38 bits per heavy atom. The minimum Gasteiger partial charge on any atom is -0.396 e. The number of aliphatic hydroxyl groups excluding tert-OH is 1. The highest BCUT2D eigenvalue weighted by Crippen LogP contribution is 2.25. The first-order valence-corrected chi connectivity index (χ1v) is 8.22. The van der Waals surface area contributed by atoms with Crippen LogP contribution in [0.5, 0.6) is 0 Å². The number of halogens is 1. The Labute approximate surface area is 114 Å². The van der Waals surface area contributed by atoms with Crippen molar-refractivity contribution in [2.75, 3.05) is 24.7 Å². The molecule has 0 spiro atoms. The van der Waals surface area contributed by atoms with E-state index in [-0.39, 0.29) is 0 Å². The number of hydrogen-bond donors (Lipinski definition) is 2. The predicted molar refractivity (Wildman–Crippen MR) is 77.5 cm³/mol. The summed E-state index contributed by atoms with van der Waals surface area (Å²) in [5.41, 5.74) is 0. The monoisotopic (exact) mass is 323 g/mol. The van der Waals surface area contributed by atoms with Crippen molar-refractivity contribution in [1.82, 2.24) is 5.32 Å². The van der Waals surface area contributed by atoms with Gasteiger partial charge in [-0.1, -0.05) is 0 Å². The second kappa shape index (κ2) is 8.53. The summed E-state index contributed by atoms with van der Waals surface area (Å²) in [5, 5.41) is 14.2. The van der Waals surface area contributed by atoms with Crippen molar-refractivity contribution in [1.29, 1.82) is 0 Å². The first-order valence-electron chi connectivity index (χ1n) is 5.40. The van der Waals surface area contributed by atoms with Gasteiger partial charge >= 0.3 is 0 Å². The number of thioether (sulfide) groups is 1. The normalized spacial score (nSPS) is 12.9. The Hall–Kier alpha value is 0.450. The smallest absolute Gasteiger partial charge is 0.0438 e. The lowest BCUT2D eigenvalue weighted by Crippen LogP contribution is -2.20. The van der Waals surface area contributed by atoms with Crippen molar-refractivity contribution in [2.45, 2.75) is 19.4 Å². The molecule has 16 heavy (non-hydrogen) atoms. The second-order valence-electron chi connectivity index (χ2n) is 3.53. The van der Waals surface area contributed by atoms with E-state index in [2.05, 4.69) is 39.6 Å². The van der Waals surface area contributed by atoms with Gasteiger partial charge in [0.15, 0.2) is 0 Å². The molecule has 0 aliphatic rings. The fraction of sp³-hybridized carbons (Fsp3) is 0.636. The summed E-state index contributed by atoms with van der Waals surface area (Å²) < 4.78 is 1.17. The Bertz CT molecular complexity index is 293. The molecule has 0 aliphatic heterocycles. The minimum absolute atomic E-state index is 0.306. The molecule has 1 heterocycles. The standard InChI is InChI=1S/C11H18BrNOS2/c1-9(11-7-10(12)8-16-11)13-3-6-15-5-2-4-14/h7-9,13-14H,2-6H2,1H3. The molecule has 0 aromatic carbocycles. The highest BCUT2D eigenvalue weighted by molar-refractivity contribution is 9.10. The average molecular weight is 324 g/mol. The van der Waals surface area contributed by atoms with Gasteiger partial charge in [-0.2, -0.15) is 11.8 Å². The van der Waals surface area contributed by atoms with Gasteiger partial charge in [0, 0.05) is 39.7 Å². The van der Waals surface area contributed by atoms with Crippen LogP contribution < -0.4 is 5.32 Å². The fourth-order valence-corrected chi connectivity index (χ4v) is 3.55. The molecule has 0 saturated heterocycles. The largest absolute Gasteiger partial charge is 0.396 e. The Morgan fingerprint density at radius 1 is 1.56 bits per heavy atom. The van der Waals surface area contributed by atoms with Gasteiger partial charge in [0.1, 0.15) is 0 Å². The maximum Gasteiger partial charge on any atom is 0.0438 e. The molecule has 2 N–H and O–H groups in total. The molecule has 1 aromatic rings. The lowest BCUT2D eigenvalue weighted by atomic mass is 10.3. The highest BCUT2D eigenvalue weighted by Gasteiger charge is 2.06. The van der Waals surface area contributed by atoms with E-state index < -0.39 is 0 Å². The number of hydrogen-bond acceptors (Lipinski definition) is 4. The maximum atomic E-state index is 8.63. The molecule has 0 saturated carbocycles. The minimum atomic E-state index is 0.306. The number of rotatable bonds is 8. The molecule has 0 bridgehead atoms. The van der Waals surface area contributed by atoms with E-state index in [4.69, 9.17) is 5.11 Å². The average Bonchev–Trinajstić information content (AvgIpc) is 2.70. The van der Waals surface area contributed by atoms with Crippen molar-refractivity contribution < 1.29 is 5.11 Å². The molecule has 92 valence electrons. The van der Waals surface area contributed by atoms with E-state index in [0.29, 0.717) is 12.6 Å². The molecule has 1 rings (SSSR count). The maximum absolute atomic E-state index is 8.63. The summed E-state index contributed by atoms with van der Waals surface area (Å²) in [6, 6.07) is 2.59. The molecule has 5 heteroatoms. The van der Waals surface area contributed by atoms with Gasteiger partial charge in [-0.15, -0.1) is 11.3 Å². The van der Waals surface area contributed by atoms with Crippen LogP contribution >= 0.6 is 39.0 Å². The molecule has 1 aromatic heterocycles. The molecule has 1 unspecified atom stereocenters. The summed E-state index contributed by atoms with van der Waals surface area (Å²) in [6.07, 6.45) is 0.901. The number of thiophene rings is 1. The van der Waals surface area contributed by atoms with Crippen LogP contribution in [0.2, 0.25) is 0 Å². The third kappa shape index (κ3) is 5.68. The Morgan fingerprint density at radius 3 is 3.00 bits per heavy atom. The molecule has 0 radical (unpaired) electrons. The first kappa shape index (κ1) is 14.5. The second-order valence-corrected chi connectivity index (χ2v) is 6.62. The van der Waals surface area contributed by atoms with Crippen molar-refractivity contribution in [3.8, 4) is 0 Å². The zero-order chi connectivity index (χ0) is 11.8. The van der Waals surface area contributed by atoms with E-state index in [1.807, 2.05) is 11.8 Å². The molecule has 0 fully saturated rings. The SMILES string of the molecule is CC(NCCSCCCO)c1cc(Br)cs1. The predicted octanol–water partition coefficient (Wildman–Crippen LogP) is 3.28. The summed E-state index contributed by atoms with van der Waals surface area (Å²) in [6.45, 7) is 3.52. The van der Waals surface area contributed by atoms with Crippen LogP contribution in [-0.2, 0) is 0 Å². The van der Waals surface area contributed by atoms with Crippen molar-refractivity contribution in [3.05, 3.63) is 20.8 Å². The van der Waals surface area contributed by atoms with Crippen LogP contribution in [0.25, 0.3) is 0 Å². The van der Waals surface area contributed by atoms with E-state index in [0.717, 1.165) is 24.5 Å². The Balaban J connectivity index is 2.09. The molecule has 2 nitrogen and oxygen atoms in total. The third-order valence-corrected chi connectivity index (χ3v) is 5.10. The van der Waals surface area contributed by atoms with Gasteiger partial charge < -0.3 is 10.4 Å². The van der Waals surface area contributed by atoms with Crippen LogP contribution in [-0.4, -0.2) is 29.8 Å². The zero-order valence-electron chi connectivity index (χ0n) is 9.41. The zero-order valence-corrected chi connectivity index (χ0v) is 12.6. The highest BCUT2D eigenvalue weighted by atomic mass is 79.9. The summed E-state index contributed by atoms with van der Waals surface area (Å²) in [5.74, 6) is 2.16. The van der Waals surface area contributed by atoms with Crippen LogP contribution in [0, 0.1) is 0 Å². The summed E-state index contributed by atoms with van der Waals surface area (Å²) in [7, 11) is 0. The number of nitrogens with one attached hydrogen (secondary N) is 1. The van der Waals surface area contributed by atoms with Crippen molar-refractivity contribution in [3.63, 3.8) is 0 Å². The van der Waals surface area contributed by atoms with Gasteiger partial charge in [-0.25, -0.2) is 0 Å². The van der Waals surface area contributed by atoms with E-state index in [9.17, 15) is 0 Å². The lowest BCUT2D eigenvalue weighted by molar-refractivity contribution is 0.296. The Kier molecular flexibility index (Phi) is 7.73. The third-order valence-electron chi connectivity index (χ3n) is 2.16. The van der Waals surface area contributed by atoms with Gasteiger partial charge in [-0.05, 0) is 41.1 Å². The van der Waals surface area contributed by atoms with Crippen LogP contribution in [0.1, 0.15) is 24.3 Å².